The van der Waals surface area contributed by atoms with Crippen molar-refractivity contribution in [2.45, 2.75) is 40.0 Å². The van der Waals surface area contributed by atoms with Gasteiger partial charge in [-0.25, -0.2) is 0 Å². The highest BCUT2D eigenvalue weighted by Crippen LogP contribution is 2.27. The van der Waals surface area contributed by atoms with Crippen LogP contribution in [0, 0.1) is 0 Å². The molecule has 35 heavy (non-hydrogen) atoms. The number of hydrogen-bond acceptors (Lipinski definition) is 3. The zero-order valence-corrected chi connectivity index (χ0v) is 21.0. The summed E-state index contributed by atoms with van der Waals surface area (Å²) in [5.74, 6) is -0.0450. The molecule has 5 heteroatoms. The number of hydrogen-bond donors (Lipinski definition) is 1. The smallest absolute Gasteiger partial charge is 0.252 e. The molecule has 5 nitrogen and oxygen atoms in total. The zero-order valence-electron chi connectivity index (χ0n) is 21.0. The van der Waals surface area contributed by atoms with E-state index in [0.29, 0.717) is 23.5 Å². The molecule has 4 rings (SSSR count). The Bertz CT molecular complexity index is 1320. The lowest BCUT2D eigenvalue weighted by atomic mass is 9.99. The maximum Gasteiger partial charge on any atom is 0.252 e. The summed E-state index contributed by atoms with van der Waals surface area (Å²) in [4.78, 5) is 23.1. The van der Waals surface area contributed by atoms with Crippen molar-refractivity contribution in [2.75, 3.05) is 6.61 Å². The van der Waals surface area contributed by atoms with Crippen molar-refractivity contribution in [3.05, 3.63) is 89.6 Å². The van der Waals surface area contributed by atoms with E-state index < -0.39 is 5.91 Å². The van der Waals surface area contributed by atoms with Gasteiger partial charge in [-0.3, -0.25) is 9.59 Å². The second-order valence-corrected chi connectivity index (χ2v) is 8.59. The van der Waals surface area contributed by atoms with Gasteiger partial charge in [-0.2, -0.15) is 0 Å². The number of aromatic nitrogens is 1. The van der Waals surface area contributed by atoms with Crippen LogP contribution in [0.15, 0.2) is 72.9 Å². The number of fused-ring (bicyclic) bond motifs is 1. The van der Waals surface area contributed by atoms with Crippen LogP contribution in [0.3, 0.4) is 0 Å². The molecule has 0 saturated carbocycles. The Labute approximate surface area is 207 Å². The van der Waals surface area contributed by atoms with Crippen molar-refractivity contribution in [3.63, 3.8) is 0 Å². The Morgan fingerprint density at radius 2 is 1.66 bits per heavy atom. The molecule has 1 aromatic heterocycles. The first kappa shape index (κ1) is 25.8. The van der Waals surface area contributed by atoms with E-state index in [1.54, 1.807) is 24.3 Å². The summed E-state index contributed by atoms with van der Waals surface area (Å²) < 4.78 is 7.75. The molecular weight excluding hydrogens is 436 g/mol. The van der Waals surface area contributed by atoms with Crippen LogP contribution in [0.4, 0.5) is 0 Å². The SMILES string of the molecule is CCCOc1ccc(-c2cccc(C(C)=O)c2)cc1C(N)=O.CCCc1cn(C)c2ccccc12. The van der Waals surface area contributed by atoms with E-state index in [2.05, 4.69) is 49.0 Å². The van der Waals surface area contributed by atoms with E-state index >= 15 is 0 Å². The van der Waals surface area contributed by atoms with Crippen LogP contribution in [-0.2, 0) is 13.5 Å². The van der Waals surface area contributed by atoms with Gasteiger partial charge in [0.15, 0.2) is 5.78 Å². The molecule has 1 heterocycles. The highest BCUT2D eigenvalue weighted by Gasteiger charge is 2.12. The topological polar surface area (TPSA) is 74.3 Å². The van der Waals surface area contributed by atoms with Crippen molar-refractivity contribution in [3.8, 4) is 16.9 Å². The first-order valence-corrected chi connectivity index (χ1v) is 12.1. The molecule has 0 aliphatic carbocycles. The molecule has 3 aromatic carbocycles. The second kappa shape index (κ2) is 12.0. The van der Waals surface area contributed by atoms with Gasteiger partial charge in [0.1, 0.15) is 5.75 Å². The van der Waals surface area contributed by atoms with Crippen LogP contribution in [0.25, 0.3) is 22.0 Å². The summed E-state index contributed by atoms with van der Waals surface area (Å²) >= 11 is 0. The first-order chi connectivity index (χ1) is 16.8. The molecule has 4 aromatic rings. The monoisotopic (exact) mass is 470 g/mol. The number of carbonyl (C=O) groups excluding carboxylic acids is 2. The molecule has 182 valence electrons. The number of primary amides is 1. The Hall–Kier alpha value is -3.86. The largest absolute Gasteiger partial charge is 0.493 e. The molecule has 1 amide bonds. The third-order valence-corrected chi connectivity index (χ3v) is 5.81. The molecule has 0 bridgehead atoms. The number of rotatable bonds is 8. The van der Waals surface area contributed by atoms with Gasteiger partial charge >= 0.3 is 0 Å². The Morgan fingerprint density at radius 3 is 2.34 bits per heavy atom. The fourth-order valence-electron chi connectivity index (χ4n) is 4.05. The van der Waals surface area contributed by atoms with Gasteiger partial charge in [0.25, 0.3) is 5.91 Å². The summed E-state index contributed by atoms with van der Waals surface area (Å²) in [5.41, 5.74) is 10.9. The summed E-state index contributed by atoms with van der Waals surface area (Å²) in [6, 6.07) is 21.2. The normalized spacial score (nSPS) is 10.5. The minimum atomic E-state index is -0.532. The van der Waals surface area contributed by atoms with Crippen molar-refractivity contribution in [1.29, 1.82) is 0 Å². The van der Waals surface area contributed by atoms with Crippen LogP contribution < -0.4 is 10.5 Å². The quantitative estimate of drug-likeness (QED) is 0.296. The second-order valence-electron chi connectivity index (χ2n) is 8.59. The number of nitrogens with two attached hydrogens (primary N) is 1. The molecule has 0 aliphatic rings. The Morgan fingerprint density at radius 1 is 0.914 bits per heavy atom. The van der Waals surface area contributed by atoms with E-state index in [1.165, 1.54) is 36.2 Å². The Balaban J connectivity index is 0.000000223. The molecule has 2 N–H and O–H groups in total. The zero-order chi connectivity index (χ0) is 25.4. The highest BCUT2D eigenvalue weighted by atomic mass is 16.5. The van der Waals surface area contributed by atoms with Crippen molar-refractivity contribution in [1.82, 2.24) is 4.57 Å². The van der Waals surface area contributed by atoms with Gasteiger partial charge in [0.05, 0.1) is 12.2 Å². The van der Waals surface area contributed by atoms with E-state index in [1.807, 2.05) is 25.1 Å². The maximum absolute atomic E-state index is 11.6. The van der Waals surface area contributed by atoms with Crippen molar-refractivity contribution in [2.24, 2.45) is 12.8 Å². The maximum atomic E-state index is 11.6. The average molecular weight is 471 g/mol. The summed E-state index contributed by atoms with van der Waals surface area (Å²) in [7, 11) is 2.11. The lowest BCUT2D eigenvalue weighted by molar-refractivity contribution is 0.0992. The van der Waals surface area contributed by atoms with E-state index in [9.17, 15) is 9.59 Å². The number of para-hydroxylation sites is 1. The van der Waals surface area contributed by atoms with Crippen LogP contribution in [0.5, 0.6) is 5.75 Å². The fraction of sp³-hybridized carbons (Fsp3) is 0.267. The minimum Gasteiger partial charge on any atom is -0.493 e. The van der Waals surface area contributed by atoms with Crippen molar-refractivity contribution >= 4 is 22.6 Å². The lowest BCUT2D eigenvalue weighted by Crippen LogP contribution is -2.13. The van der Waals surface area contributed by atoms with E-state index in [0.717, 1.165) is 17.5 Å². The predicted octanol–water partition coefficient (Wildman–Crippen LogP) is 6.57. The van der Waals surface area contributed by atoms with Gasteiger partial charge in [0, 0.05) is 29.7 Å². The molecule has 0 spiro atoms. The fourth-order valence-corrected chi connectivity index (χ4v) is 4.05. The minimum absolute atomic E-state index is 0.000117. The van der Waals surface area contributed by atoms with Crippen LogP contribution >= 0.6 is 0 Å². The number of amides is 1. The number of Topliss-reactive ketones (excluding diaryl/α,β-unsaturated/α-hetero) is 1. The number of carbonyl (C=O) groups is 2. The van der Waals surface area contributed by atoms with Gasteiger partial charge < -0.3 is 15.0 Å². The lowest BCUT2D eigenvalue weighted by Gasteiger charge is -2.11. The number of ether oxygens (including phenoxy) is 1. The molecule has 0 atom stereocenters. The molecule has 0 unspecified atom stereocenters. The average Bonchev–Trinajstić information content (AvgIpc) is 3.18. The standard InChI is InChI=1S/C18H19NO3.C12H15N/c1-3-9-22-17-8-7-15(11-16(17)18(19)21)14-6-4-5-13(10-14)12(2)20;1-3-6-10-9-13(2)12-8-5-4-7-11(10)12/h4-8,10-11H,3,9H2,1-2H3,(H2,19,21);4-5,7-9H,3,6H2,1-2H3. The van der Waals surface area contributed by atoms with E-state index in [4.69, 9.17) is 10.5 Å². The van der Waals surface area contributed by atoms with Crippen LogP contribution in [-0.4, -0.2) is 22.9 Å². The van der Waals surface area contributed by atoms with Crippen LogP contribution in [0.2, 0.25) is 0 Å². The third kappa shape index (κ3) is 6.38. The molecule has 0 aliphatic heterocycles. The first-order valence-electron chi connectivity index (χ1n) is 12.1. The van der Waals surface area contributed by atoms with Crippen molar-refractivity contribution < 1.29 is 14.3 Å². The van der Waals surface area contributed by atoms with Crippen LogP contribution in [0.1, 0.15) is 59.9 Å². The van der Waals surface area contributed by atoms with Gasteiger partial charge in [-0.1, -0.05) is 62.7 Å². The van der Waals surface area contributed by atoms with E-state index in [-0.39, 0.29) is 5.78 Å². The highest BCUT2D eigenvalue weighted by molar-refractivity contribution is 5.98. The van der Waals surface area contributed by atoms with Gasteiger partial charge in [-0.05, 0) is 60.7 Å². The summed E-state index contributed by atoms with van der Waals surface area (Å²) in [5, 5.41) is 1.41. The van der Waals surface area contributed by atoms with Gasteiger partial charge in [0.2, 0.25) is 0 Å². The summed E-state index contributed by atoms with van der Waals surface area (Å²) in [6.07, 6.45) is 5.49. The molecule has 0 saturated heterocycles. The number of nitrogens with zero attached hydrogens (tertiary/aromatic N) is 1. The van der Waals surface area contributed by atoms with Gasteiger partial charge in [-0.15, -0.1) is 0 Å². The number of aryl methyl sites for hydroxylation is 2. The Kier molecular flexibility index (Phi) is 8.85. The molecule has 0 radical (unpaired) electrons. The number of benzene rings is 3. The molecule has 0 fully saturated rings. The third-order valence-electron chi connectivity index (χ3n) is 5.81. The predicted molar refractivity (Wildman–Crippen MR) is 143 cm³/mol. The summed E-state index contributed by atoms with van der Waals surface area (Å²) in [6.45, 7) is 6.27. The molecular formula is C30H34N2O3. The number of ketones is 1.